The van der Waals surface area contributed by atoms with E-state index in [0.717, 1.165) is 6.42 Å². The van der Waals surface area contributed by atoms with E-state index in [4.69, 9.17) is 13.7 Å². The van der Waals surface area contributed by atoms with Crippen molar-refractivity contribution in [2.45, 2.75) is 57.5 Å². The molecule has 0 radical (unpaired) electrons. The van der Waals surface area contributed by atoms with Crippen molar-refractivity contribution < 1.29 is 26.9 Å². The van der Waals surface area contributed by atoms with Gasteiger partial charge in [-0.15, -0.1) is 0 Å². The van der Waals surface area contributed by atoms with Gasteiger partial charge in [-0.2, -0.15) is 8.42 Å². The molecule has 3 fully saturated rings. The topological polar surface area (TPSA) is 78.9 Å². The first-order chi connectivity index (χ1) is 10.2. The standard InChI is InChI=1S/C15H24O6S/c1-4-14(2,3)13(16)19-5-6-20-15-9-10-7-11(15)12(8-10)22(17,18)21-15/h10-12H,4-9H2,1-3H3. The van der Waals surface area contributed by atoms with Gasteiger partial charge in [-0.25, -0.2) is 4.18 Å². The fourth-order valence-electron chi connectivity index (χ4n) is 3.83. The fraction of sp³-hybridized carbons (Fsp3) is 0.933. The highest BCUT2D eigenvalue weighted by atomic mass is 32.2. The summed E-state index contributed by atoms with van der Waals surface area (Å²) < 4.78 is 40.3. The van der Waals surface area contributed by atoms with Crippen LogP contribution in [0.2, 0.25) is 0 Å². The van der Waals surface area contributed by atoms with Crippen molar-refractivity contribution in [3.8, 4) is 0 Å². The monoisotopic (exact) mass is 332 g/mol. The SMILES string of the molecule is CCC(C)(C)C(=O)OCCOC12CC3CC1C(C3)S(=O)(=O)O2. The van der Waals surface area contributed by atoms with Gasteiger partial charge in [0.05, 0.1) is 17.3 Å². The summed E-state index contributed by atoms with van der Waals surface area (Å²) in [6.45, 7) is 5.89. The Bertz CT molecular complexity index is 569. The molecule has 0 aromatic rings. The Kier molecular flexibility index (Phi) is 3.81. The van der Waals surface area contributed by atoms with Gasteiger partial charge in [-0.05, 0) is 39.0 Å². The highest BCUT2D eigenvalue weighted by molar-refractivity contribution is 7.87. The molecule has 7 heteroatoms. The van der Waals surface area contributed by atoms with Crippen LogP contribution in [0.1, 0.15) is 46.5 Å². The quantitative estimate of drug-likeness (QED) is 0.419. The van der Waals surface area contributed by atoms with E-state index >= 15 is 0 Å². The minimum Gasteiger partial charge on any atom is -0.463 e. The van der Waals surface area contributed by atoms with Crippen molar-refractivity contribution in [2.75, 3.05) is 13.2 Å². The van der Waals surface area contributed by atoms with Crippen molar-refractivity contribution in [1.29, 1.82) is 0 Å². The van der Waals surface area contributed by atoms with Crippen LogP contribution < -0.4 is 0 Å². The van der Waals surface area contributed by atoms with E-state index in [-0.39, 0.29) is 25.1 Å². The zero-order valence-electron chi connectivity index (χ0n) is 13.3. The molecule has 3 aliphatic rings. The second kappa shape index (κ2) is 5.18. The highest BCUT2D eigenvalue weighted by Crippen LogP contribution is 2.60. The third-order valence-electron chi connectivity index (χ3n) is 5.47. The Balaban J connectivity index is 1.54. The van der Waals surface area contributed by atoms with Crippen LogP contribution in [0.25, 0.3) is 0 Å². The second-order valence-electron chi connectivity index (χ2n) is 7.30. The molecule has 2 saturated carbocycles. The Morgan fingerprint density at radius 2 is 2.05 bits per heavy atom. The van der Waals surface area contributed by atoms with Crippen molar-refractivity contribution in [2.24, 2.45) is 17.3 Å². The van der Waals surface area contributed by atoms with Crippen LogP contribution in [-0.4, -0.2) is 38.6 Å². The number of rotatable bonds is 6. The van der Waals surface area contributed by atoms with Gasteiger partial charge in [0.25, 0.3) is 10.1 Å². The normalized spacial score (nSPS) is 38.4. The Morgan fingerprint density at radius 3 is 2.68 bits per heavy atom. The van der Waals surface area contributed by atoms with Crippen molar-refractivity contribution in [1.82, 2.24) is 0 Å². The van der Waals surface area contributed by atoms with E-state index in [2.05, 4.69) is 0 Å². The second-order valence-corrected chi connectivity index (χ2v) is 9.05. The minimum atomic E-state index is -3.50. The summed E-state index contributed by atoms with van der Waals surface area (Å²) in [5.41, 5.74) is -0.511. The third-order valence-corrected chi connectivity index (χ3v) is 7.24. The first kappa shape index (κ1) is 16.2. The molecule has 0 spiro atoms. The number of ether oxygens (including phenoxy) is 2. The molecule has 0 aromatic heterocycles. The molecule has 0 N–H and O–H groups in total. The van der Waals surface area contributed by atoms with Gasteiger partial charge < -0.3 is 9.47 Å². The highest BCUT2D eigenvalue weighted by Gasteiger charge is 2.68. The summed E-state index contributed by atoms with van der Waals surface area (Å²) in [6, 6.07) is 0. The molecule has 1 aliphatic heterocycles. The Hall–Kier alpha value is -0.660. The van der Waals surface area contributed by atoms with E-state index < -0.39 is 26.6 Å². The van der Waals surface area contributed by atoms with Crippen molar-refractivity contribution in [3.05, 3.63) is 0 Å². The van der Waals surface area contributed by atoms with Gasteiger partial charge in [0.2, 0.25) is 0 Å². The van der Waals surface area contributed by atoms with Crippen molar-refractivity contribution in [3.63, 3.8) is 0 Å². The molecule has 3 rings (SSSR count). The minimum absolute atomic E-state index is 0.0646. The largest absolute Gasteiger partial charge is 0.463 e. The molecule has 1 heterocycles. The maximum Gasteiger partial charge on any atom is 0.311 e. The number of hydrogen-bond acceptors (Lipinski definition) is 6. The van der Waals surface area contributed by atoms with Crippen LogP contribution in [0.5, 0.6) is 0 Å². The lowest BCUT2D eigenvalue weighted by atomic mass is 9.91. The first-order valence-corrected chi connectivity index (χ1v) is 9.43. The lowest BCUT2D eigenvalue weighted by molar-refractivity contribution is -0.202. The summed E-state index contributed by atoms with van der Waals surface area (Å²) in [5.74, 6) is -0.958. The maximum absolute atomic E-state index is 12.0. The van der Waals surface area contributed by atoms with Gasteiger partial charge in [-0.3, -0.25) is 4.79 Å². The van der Waals surface area contributed by atoms with Gasteiger partial charge in [0.1, 0.15) is 6.61 Å². The molecule has 2 aliphatic carbocycles. The van der Waals surface area contributed by atoms with Crippen LogP contribution in [0.15, 0.2) is 0 Å². The average molecular weight is 332 g/mol. The summed E-state index contributed by atoms with van der Waals surface area (Å²) in [6.07, 6.45) is 2.87. The smallest absolute Gasteiger partial charge is 0.311 e. The van der Waals surface area contributed by atoms with Crippen LogP contribution in [-0.2, 0) is 28.6 Å². The number of fused-ring (bicyclic) bond motifs is 1. The van der Waals surface area contributed by atoms with E-state index in [1.54, 1.807) is 0 Å². The third kappa shape index (κ3) is 2.47. The molecule has 0 aromatic carbocycles. The van der Waals surface area contributed by atoms with Crippen LogP contribution >= 0.6 is 0 Å². The molecular weight excluding hydrogens is 308 g/mol. The Morgan fingerprint density at radius 1 is 1.32 bits per heavy atom. The summed E-state index contributed by atoms with van der Waals surface area (Å²) >= 11 is 0. The number of carbonyl (C=O) groups is 1. The molecular formula is C15H24O6S. The van der Waals surface area contributed by atoms with E-state index in [1.807, 2.05) is 20.8 Å². The predicted molar refractivity (Wildman–Crippen MR) is 78.3 cm³/mol. The number of hydrogen-bond donors (Lipinski definition) is 0. The fourth-order valence-corrected chi connectivity index (χ4v) is 5.82. The number of carbonyl (C=O) groups excluding carboxylic acids is 1. The molecule has 126 valence electrons. The molecule has 0 amide bonds. The zero-order chi connectivity index (χ0) is 16.2. The lowest BCUT2D eigenvalue weighted by Gasteiger charge is -2.29. The zero-order valence-corrected chi connectivity index (χ0v) is 14.1. The molecule has 4 atom stereocenters. The first-order valence-electron chi connectivity index (χ1n) is 7.96. The summed E-state index contributed by atoms with van der Waals surface area (Å²) in [5, 5.41) is -0.409. The predicted octanol–water partition coefficient (Wildman–Crippen LogP) is 1.84. The molecule has 22 heavy (non-hydrogen) atoms. The summed E-state index contributed by atoms with van der Waals surface area (Å²) in [7, 11) is -3.50. The van der Waals surface area contributed by atoms with Gasteiger partial charge >= 0.3 is 5.97 Å². The number of esters is 1. The van der Waals surface area contributed by atoms with Crippen molar-refractivity contribution >= 4 is 16.1 Å². The van der Waals surface area contributed by atoms with Crippen LogP contribution in [0, 0.1) is 17.3 Å². The van der Waals surface area contributed by atoms with Gasteiger partial charge in [-0.1, -0.05) is 6.92 Å². The maximum atomic E-state index is 12.0. The van der Waals surface area contributed by atoms with E-state index in [1.165, 1.54) is 0 Å². The van der Waals surface area contributed by atoms with Crippen LogP contribution in [0.3, 0.4) is 0 Å². The van der Waals surface area contributed by atoms with Gasteiger partial charge in [0.15, 0.2) is 5.79 Å². The molecule has 1 saturated heterocycles. The lowest BCUT2D eigenvalue weighted by Crippen LogP contribution is -2.39. The molecule has 4 unspecified atom stereocenters. The molecule has 2 bridgehead atoms. The Labute approximate surface area is 131 Å². The average Bonchev–Trinajstić information content (AvgIpc) is 3.03. The van der Waals surface area contributed by atoms with Crippen LogP contribution in [0.4, 0.5) is 0 Å². The van der Waals surface area contributed by atoms with Gasteiger partial charge in [0, 0.05) is 12.3 Å². The van der Waals surface area contributed by atoms with E-state index in [9.17, 15) is 13.2 Å². The van der Waals surface area contributed by atoms with E-state index in [0.29, 0.717) is 25.2 Å². The summed E-state index contributed by atoms with van der Waals surface area (Å²) in [4.78, 5) is 11.9. The molecule has 6 nitrogen and oxygen atoms in total.